The van der Waals surface area contributed by atoms with Gasteiger partial charge in [-0.15, -0.1) is 11.3 Å². The molecule has 2 heterocycles. The molecule has 0 saturated carbocycles. The first-order valence-electron chi connectivity index (χ1n) is 8.86. The molecule has 4 nitrogen and oxygen atoms in total. The summed E-state index contributed by atoms with van der Waals surface area (Å²) in [4.78, 5) is 10.9. The molecule has 0 bridgehead atoms. The molecular formula is C21H16Cl3N3OS. The van der Waals surface area contributed by atoms with Gasteiger partial charge in [0.05, 0.1) is 27.7 Å². The number of nitrogens with one attached hydrogen (secondary N) is 1. The predicted octanol–water partition coefficient (Wildman–Crippen LogP) is 7.77. The van der Waals surface area contributed by atoms with Crippen molar-refractivity contribution in [1.82, 2.24) is 9.97 Å². The van der Waals surface area contributed by atoms with Gasteiger partial charge in [-0.05, 0) is 43.7 Å². The third-order valence-electron chi connectivity index (χ3n) is 4.37. The summed E-state index contributed by atoms with van der Waals surface area (Å²) in [5.41, 5.74) is 2.68. The van der Waals surface area contributed by atoms with E-state index in [-0.39, 0.29) is 0 Å². The highest BCUT2D eigenvalue weighted by Crippen LogP contribution is 2.43. The van der Waals surface area contributed by atoms with Crippen LogP contribution in [0.15, 0.2) is 42.7 Å². The van der Waals surface area contributed by atoms with Crippen molar-refractivity contribution >= 4 is 67.9 Å². The number of anilines is 2. The monoisotopic (exact) mass is 463 g/mol. The largest absolute Gasteiger partial charge is 0.494 e. The minimum absolute atomic E-state index is 0.420. The van der Waals surface area contributed by atoms with Crippen LogP contribution in [0.1, 0.15) is 11.8 Å². The first-order valence-corrected chi connectivity index (χ1v) is 10.8. The number of hydrogen-bond donors (Lipinski definition) is 1. The zero-order chi connectivity index (χ0) is 20.5. The van der Waals surface area contributed by atoms with Crippen LogP contribution in [-0.4, -0.2) is 16.6 Å². The van der Waals surface area contributed by atoms with Gasteiger partial charge >= 0.3 is 0 Å². The molecule has 8 heteroatoms. The van der Waals surface area contributed by atoms with Crippen molar-refractivity contribution in [2.24, 2.45) is 0 Å². The molecule has 0 atom stereocenters. The minimum atomic E-state index is 0.420. The van der Waals surface area contributed by atoms with E-state index in [0.717, 1.165) is 32.0 Å². The van der Waals surface area contributed by atoms with Gasteiger partial charge in [0.25, 0.3) is 0 Å². The maximum atomic E-state index is 6.36. The lowest BCUT2D eigenvalue weighted by Gasteiger charge is -2.12. The molecular weight excluding hydrogens is 449 g/mol. The summed E-state index contributed by atoms with van der Waals surface area (Å²) >= 11 is 20.4. The van der Waals surface area contributed by atoms with Crippen molar-refractivity contribution in [2.45, 2.75) is 13.8 Å². The maximum absolute atomic E-state index is 6.36. The van der Waals surface area contributed by atoms with Gasteiger partial charge in [0, 0.05) is 15.5 Å². The molecule has 0 spiro atoms. The molecule has 0 aliphatic heterocycles. The third kappa shape index (κ3) is 4.01. The fourth-order valence-electron chi connectivity index (χ4n) is 3.15. The van der Waals surface area contributed by atoms with Crippen molar-refractivity contribution < 1.29 is 4.74 Å². The SMILES string of the molecule is CCOc1ccc(-c2c(C)sc3ncnc(Nc4c(Cl)cc(Cl)cc4Cl)c23)cc1. The van der Waals surface area contributed by atoms with E-state index in [1.165, 1.54) is 6.33 Å². The van der Waals surface area contributed by atoms with E-state index in [1.807, 2.05) is 31.2 Å². The number of ether oxygens (including phenoxy) is 1. The molecule has 4 rings (SSSR count). The topological polar surface area (TPSA) is 47.0 Å². The molecule has 2 aromatic carbocycles. The van der Waals surface area contributed by atoms with Crippen LogP contribution in [0.25, 0.3) is 21.3 Å². The van der Waals surface area contributed by atoms with E-state index in [1.54, 1.807) is 23.5 Å². The fourth-order valence-corrected chi connectivity index (χ4v) is 5.08. The van der Waals surface area contributed by atoms with E-state index in [9.17, 15) is 0 Å². The van der Waals surface area contributed by atoms with E-state index < -0.39 is 0 Å². The molecule has 0 amide bonds. The molecule has 0 unspecified atom stereocenters. The summed E-state index contributed by atoms with van der Waals surface area (Å²) in [6, 6.07) is 11.3. The van der Waals surface area contributed by atoms with E-state index in [4.69, 9.17) is 39.5 Å². The molecule has 0 radical (unpaired) electrons. The van der Waals surface area contributed by atoms with Gasteiger partial charge in [0.2, 0.25) is 0 Å². The summed E-state index contributed by atoms with van der Waals surface area (Å²) in [7, 11) is 0. The maximum Gasteiger partial charge on any atom is 0.143 e. The van der Waals surface area contributed by atoms with Crippen LogP contribution in [0.5, 0.6) is 5.75 Å². The molecule has 0 fully saturated rings. The Labute approximate surface area is 187 Å². The smallest absolute Gasteiger partial charge is 0.143 e. The van der Waals surface area contributed by atoms with Crippen molar-refractivity contribution in [1.29, 1.82) is 0 Å². The Balaban J connectivity index is 1.85. The Morgan fingerprint density at radius 2 is 1.72 bits per heavy atom. The quantitative estimate of drug-likeness (QED) is 0.328. The van der Waals surface area contributed by atoms with Crippen molar-refractivity contribution in [3.63, 3.8) is 0 Å². The number of thiophene rings is 1. The van der Waals surface area contributed by atoms with Gasteiger partial charge in [-0.2, -0.15) is 0 Å². The Morgan fingerprint density at radius 1 is 1.03 bits per heavy atom. The standard InChI is InChI=1S/C21H16Cl3N3OS/c1-3-28-14-6-4-12(5-7-14)17-11(2)29-21-18(17)20(25-10-26-21)27-19-15(23)8-13(22)9-16(19)24/h4-10H,3H2,1-2H3,(H,25,26,27). The number of rotatable bonds is 5. The molecule has 148 valence electrons. The van der Waals surface area contributed by atoms with Crippen LogP contribution in [0.4, 0.5) is 11.5 Å². The molecule has 0 aliphatic carbocycles. The number of hydrogen-bond acceptors (Lipinski definition) is 5. The molecule has 1 N–H and O–H groups in total. The van der Waals surface area contributed by atoms with E-state index in [0.29, 0.717) is 33.2 Å². The Bertz CT molecular complexity index is 1170. The van der Waals surface area contributed by atoms with Gasteiger partial charge in [-0.3, -0.25) is 0 Å². The molecule has 0 saturated heterocycles. The average Bonchev–Trinajstić information content (AvgIpc) is 3.02. The summed E-state index contributed by atoms with van der Waals surface area (Å²) in [5.74, 6) is 1.47. The van der Waals surface area contributed by atoms with Crippen LogP contribution < -0.4 is 10.1 Å². The lowest BCUT2D eigenvalue weighted by atomic mass is 10.0. The predicted molar refractivity (Wildman–Crippen MR) is 124 cm³/mol. The van der Waals surface area contributed by atoms with Gasteiger partial charge in [0.1, 0.15) is 22.7 Å². The number of aryl methyl sites for hydroxylation is 1. The molecule has 29 heavy (non-hydrogen) atoms. The summed E-state index contributed by atoms with van der Waals surface area (Å²) in [5, 5.41) is 5.50. The number of aromatic nitrogens is 2. The van der Waals surface area contributed by atoms with Crippen molar-refractivity contribution in [3.05, 3.63) is 62.7 Å². The van der Waals surface area contributed by atoms with Crippen molar-refractivity contribution in [3.8, 4) is 16.9 Å². The third-order valence-corrected chi connectivity index (χ3v) is 6.20. The zero-order valence-electron chi connectivity index (χ0n) is 15.6. The minimum Gasteiger partial charge on any atom is -0.494 e. The second-order valence-corrected chi connectivity index (χ2v) is 8.72. The number of nitrogens with zero attached hydrogens (tertiary/aromatic N) is 2. The van der Waals surface area contributed by atoms with Crippen LogP contribution in [0, 0.1) is 6.92 Å². The summed E-state index contributed by atoms with van der Waals surface area (Å²) < 4.78 is 5.56. The van der Waals surface area contributed by atoms with Gasteiger partial charge in [-0.25, -0.2) is 9.97 Å². The highest BCUT2D eigenvalue weighted by atomic mass is 35.5. The first-order chi connectivity index (χ1) is 14.0. The lowest BCUT2D eigenvalue weighted by Crippen LogP contribution is -1.97. The van der Waals surface area contributed by atoms with Gasteiger partial charge < -0.3 is 10.1 Å². The normalized spacial score (nSPS) is 11.1. The first kappa shape index (κ1) is 20.2. The highest BCUT2D eigenvalue weighted by molar-refractivity contribution is 7.19. The Hall–Kier alpha value is -2.05. The average molecular weight is 465 g/mol. The van der Waals surface area contributed by atoms with Crippen LogP contribution >= 0.6 is 46.1 Å². The second kappa shape index (κ2) is 8.36. The lowest BCUT2D eigenvalue weighted by molar-refractivity contribution is 0.340. The Morgan fingerprint density at radius 3 is 2.38 bits per heavy atom. The second-order valence-electron chi connectivity index (χ2n) is 6.26. The highest BCUT2D eigenvalue weighted by Gasteiger charge is 2.18. The van der Waals surface area contributed by atoms with Gasteiger partial charge in [-0.1, -0.05) is 46.9 Å². The van der Waals surface area contributed by atoms with Gasteiger partial charge in [0.15, 0.2) is 0 Å². The van der Waals surface area contributed by atoms with Crippen LogP contribution in [-0.2, 0) is 0 Å². The number of benzene rings is 2. The zero-order valence-corrected chi connectivity index (χ0v) is 18.7. The van der Waals surface area contributed by atoms with Crippen LogP contribution in [0.3, 0.4) is 0 Å². The number of fused-ring (bicyclic) bond motifs is 1. The van der Waals surface area contributed by atoms with E-state index in [2.05, 4.69) is 22.2 Å². The number of halogens is 3. The van der Waals surface area contributed by atoms with E-state index >= 15 is 0 Å². The summed E-state index contributed by atoms with van der Waals surface area (Å²) in [6.07, 6.45) is 1.53. The molecule has 4 aromatic rings. The molecule has 2 aromatic heterocycles. The Kier molecular flexibility index (Phi) is 5.83. The van der Waals surface area contributed by atoms with Crippen LogP contribution in [0.2, 0.25) is 15.1 Å². The fraction of sp³-hybridized carbons (Fsp3) is 0.143. The summed E-state index contributed by atoms with van der Waals surface area (Å²) in [6.45, 7) is 4.67. The van der Waals surface area contributed by atoms with Crippen molar-refractivity contribution in [2.75, 3.05) is 11.9 Å². The molecule has 0 aliphatic rings.